The Morgan fingerprint density at radius 3 is 2.44 bits per heavy atom. The Kier molecular flexibility index (Phi) is 5.14. The van der Waals surface area contributed by atoms with Gasteiger partial charge in [-0.3, -0.25) is 19.3 Å². The Morgan fingerprint density at radius 1 is 0.971 bits per heavy atom. The molecule has 34 heavy (non-hydrogen) atoms. The van der Waals surface area contributed by atoms with Gasteiger partial charge in [0.1, 0.15) is 5.01 Å². The van der Waals surface area contributed by atoms with Crippen molar-refractivity contribution in [1.29, 1.82) is 0 Å². The maximum absolute atomic E-state index is 13.1. The van der Waals surface area contributed by atoms with Crippen LogP contribution in [-0.2, 0) is 4.79 Å². The number of benzene rings is 3. The van der Waals surface area contributed by atoms with E-state index in [9.17, 15) is 14.4 Å². The van der Waals surface area contributed by atoms with Crippen molar-refractivity contribution in [2.45, 2.75) is 31.7 Å². The number of aromatic nitrogens is 1. The Labute approximate surface area is 200 Å². The van der Waals surface area contributed by atoms with Crippen molar-refractivity contribution in [2.75, 3.05) is 13.1 Å². The van der Waals surface area contributed by atoms with E-state index in [2.05, 4.69) is 6.07 Å². The highest BCUT2D eigenvalue weighted by Crippen LogP contribution is 2.37. The number of amides is 3. The number of hydrogen-bond acceptors (Lipinski definition) is 5. The molecule has 1 aromatic heterocycles. The number of hydrogen-bond donors (Lipinski definition) is 0. The lowest BCUT2D eigenvalue weighted by atomic mass is 9.94. The summed E-state index contributed by atoms with van der Waals surface area (Å²) in [6.07, 6.45) is 2.60. The van der Waals surface area contributed by atoms with Gasteiger partial charge in [-0.15, -0.1) is 11.3 Å². The Balaban J connectivity index is 1.15. The zero-order chi connectivity index (χ0) is 23.2. The monoisotopic (exact) mass is 469 g/mol. The Morgan fingerprint density at radius 2 is 1.71 bits per heavy atom. The SMILES string of the molecule is O=C1c2cccc3cccc(c23)C(=O)N1CCCC(=O)N1CCCC1c1nc2ccccc2s1. The van der Waals surface area contributed by atoms with E-state index in [1.54, 1.807) is 23.5 Å². The van der Waals surface area contributed by atoms with Crippen LogP contribution in [0.1, 0.15) is 57.4 Å². The molecule has 7 heteroatoms. The molecule has 170 valence electrons. The fourth-order valence-corrected chi connectivity index (χ4v) is 6.29. The van der Waals surface area contributed by atoms with Crippen molar-refractivity contribution in [3.05, 3.63) is 76.8 Å². The van der Waals surface area contributed by atoms with Crippen molar-refractivity contribution in [3.63, 3.8) is 0 Å². The van der Waals surface area contributed by atoms with E-state index in [0.29, 0.717) is 24.0 Å². The molecule has 3 heterocycles. The standard InChI is InChI=1S/C27H23N3O3S/c31-23(29-15-5-12-21(29)25-28-20-11-1-2-13-22(20)34-25)14-6-16-30-26(32)18-9-3-7-17-8-4-10-19(24(17)18)27(30)33/h1-4,7-11,13,21H,5-6,12,14-16H2. The number of rotatable bonds is 5. The Bertz CT molecular complexity index is 1380. The molecule has 0 saturated carbocycles. The fourth-order valence-electron chi connectivity index (χ4n) is 5.17. The molecule has 0 spiro atoms. The maximum atomic E-state index is 13.1. The first kappa shape index (κ1) is 21.0. The molecule has 4 aromatic rings. The molecule has 0 bridgehead atoms. The number of para-hydroxylation sites is 1. The number of carbonyl (C=O) groups is 3. The van der Waals surface area contributed by atoms with Gasteiger partial charge < -0.3 is 4.90 Å². The summed E-state index contributed by atoms with van der Waals surface area (Å²) in [4.78, 5) is 47.2. The fraction of sp³-hybridized carbons (Fsp3) is 0.259. The number of imide groups is 1. The van der Waals surface area contributed by atoms with Gasteiger partial charge in [-0.25, -0.2) is 4.98 Å². The van der Waals surface area contributed by atoms with Crippen LogP contribution >= 0.6 is 11.3 Å². The van der Waals surface area contributed by atoms with E-state index < -0.39 is 0 Å². The number of likely N-dealkylation sites (tertiary alicyclic amines) is 1. The third kappa shape index (κ3) is 3.39. The first-order chi connectivity index (χ1) is 16.6. The first-order valence-corrected chi connectivity index (χ1v) is 12.5. The van der Waals surface area contributed by atoms with Gasteiger partial charge in [-0.1, -0.05) is 36.4 Å². The van der Waals surface area contributed by atoms with Crippen molar-refractivity contribution in [1.82, 2.24) is 14.8 Å². The lowest BCUT2D eigenvalue weighted by Crippen LogP contribution is -2.41. The zero-order valence-corrected chi connectivity index (χ0v) is 19.4. The minimum Gasteiger partial charge on any atom is -0.333 e. The highest BCUT2D eigenvalue weighted by molar-refractivity contribution is 7.18. The van der Waals surface area contributed by atoms with Crippen LogP contribution in [0.5, 0.6) is 0 Å². The zero-order valence-electron chi connectivity index (χ0n) is 18.6. The van der Waals surface area contributed by atoms with E-state index >= 15 is 0 Å². The molecule has 0 N–H and O–H groups in total. The molecule has 0 radical (unpaired) electrons. The van der Waals surface area contributed by atoms with Crippen molar-refractivity contribution >= 4 is 50.0 Å². The van der Waals surface area contributed by atoms with Gasteiger partial charge in [0, 0.05) is 36.0 Å². The molecule has 0 aliphatic carbocycles. The van der Waals surface area contributed by atoms with Gasteiger partial charge >= 0.3 is 0 Å². The summed E-state index contributed by atoms with van der Waals surface area (Å²) in [5.74, 6) is -0.508. The van der Waals surface area contributed by atoms with Crippen LogP contribution in [0, 0.1) is 0 Å². The highest BCUT2D eigenvalue weighted by atomic mass is 32.1. The second kappa shape index (κ2) is 8.33. The molecule has 1 fully saturated rings. The summed E-state index contributed by atoms with van der Waals surface area (Å²) in [5.41, 5.74) is 2.07. The predicted molar refractivity (Wildman–Crippen MR) is 132 cm³/mol. The summed E-state index contributed by atoms with van der Waals surface area (Å²) >= 11 is 1.65. The van der Waals surface area contributed by atoms with Crippen LogP contribution in [0.2, 0.25) is 0 Å². The van der Waals surface area contributed by atoms with Gasteiger partial charge in [-0.2, -0.15) is 0 Å². The third-order valence-corrected chi connectivity index (χ3v) is 7.93. The van der Waals surface area contributed by atoms with Crippen molar-refractivity contribution in [3.8, 4) is 0 Å². The van der Waals surface area contributed by atoms with Crippen LogP contribution in [0.25, 0.3) is 21.0 Å². The topological polar surface area (TPSA) is 70.6 Å². The minimum atomic E-state index is -0.282. The van der Waals surface area contributed by atoms with E-state index in [1.165, 1.54) is 4.90 Å². The molecule has 6 rings (SSSR count). The van der Waals surface area contributed by atoms with Crippen molar-refractivity contribution in [2.24, 2.45) is 0 Å². The van der Waals surface area contributed by atoms with E-state index in [1.807, 2.05) is 47.4 Å². The third-order valence-electron chi connectivity index (χ3n) is 6.80. The van der Waals surface area contributed by atoms with Gasteiger partial charge in [0.2, 0.25) is 5.91 Å². The molecular formula is C27H23N3O3S. The smallest absolute Gasteiger partial charge is 0.261 e. The average molecular weight is 470 g/mol. The van der Waals surface area contributed by atoms with Gasteiger partial charge in [-0.05, 0) is 48.9 Å². The molecular weight excluding hydrogens is 446 g/mol. The highest BCUT2D eigenvalue weighted by Gasteiger charge is 2.34. The van der Waals surface area contributed by atoms with Gasteiger partial charge in [0.05, 0.1) is 16.3 Å². The van der Waals surface area contributed by atoms with Crippen molar-refractivity contribution < 1.29 is 14.4 Å². The van der Waals surface area contributed by atoms with E-state index in [0.717, 1.165) is 45.4 Å². The minimum absolute atomic E-state index is 0.00706. The second-order valence-corrected chi connectivity index (χ2v) is 9.90. The quantitative estimate of drug-likeness (QED) is 0.377. The first-order valence-electron chi connectivity index (χ1n) is 11.6. The van der Waals surface area contributed by atoms with Crippen LogP contribution in [-0.4, -0.2) is 45.6 Å². The molecule has 1 saturated heterocycles. The molecule has 3 amide bonds. The summed E-state index contributed by atoms with van der Waals surface area (Å²) < 4.78 is 1.13. The average Bonchev–Trinajstić information content (AvgIpc) is 3.51. The van der Waals surface area contributed by atoms with Gasteiger partial charge in [0.25, 0.3) is 11.8 Å². The summed E-state index contributed by atoms with van der Waals surface area (Å²) in [7, 11) is 0. The number of fused-ring (bicyclic) bond motifs is 1. The molecule has 6 nitrogen and oxygen atoms in total. The van der Waals surface area contributed by atoms with E-state index in [4.69, 9.17) is 4.98 Å². The van der Waals surface area contributed by atoms with E-state index in [-0.39, 0.29) is 30.3 Å². The van der Waals surface area contributed by atoms with Crippen LogP contribution in [0.3, 0.4) is 0 Å². The normalized spacial score (nSPS) is 17.8. The lowest BCUT2D eigenvalue weighted by Gasteiger charge is -2.28. The number of thiazole rings is 1. The number of nitrogens with zero attached hydrogens (tertiary/aromatic N) is 3. The largest absolute Gasteiger partial charge is 0.333 e. The molecule has 1 unspecified atom stereocenters. The van der Waals surface area contributed by atoms with Gasteiger partial charge in [0.15, 0.2) is 0 Å². The lowest BCUT2D eigenvalue weighted by molar-refractivity contribution is -0.132. The maximum Gasteiger partial charge on any atom is 0.261 e. The molecule has 2 aliphatic rings. The van der Waals surface area contributed by atoms with Crippen LogP contribution in [0.4, 0.5) is 0 Å². The second-order valence-electron chi connectivity index (χ2n) is 8.84. The van der Waals surface area contributed by atoms with Crippen LogP contribution in [0.15, 0.2) is 60.7 Å². The molecule has 1 atom stereocenters. The number of carbonyl (C=O) groups excluding carboxylic acids is 3. The Hall–Kier alpha value is -3.58. The molecule has 3 aromatic carbocycles. The molecule has 2 aliphatic heterocycles. The summed E-state index contributed by atoms with van der Waals surface area (Å²) in [5, 5.41) is 2.60. The van der Waals surface area contributed by atoms with Crippen LogP contribution < -0.4 is 0 Å². The predicted octanol–water partition coefficient (Wildman–Crippen LogP) is 5.19. The summed E-state index contributed by atoms with van der Waals surface area (Å²) in [6, 6.07) is 19.1. The summed E-state index contributed by atoms with van der Waals surface area (Å²) in [6.45, 7) is 0.949.